The molecule has 5 rings (SSSR count). The summed E-state index contributed by atoms with van der Waals surface area (Å²) in [6.45, 7) is 4.01. The number of carbonyl (C=O) groups is 1. The Morgan fingerprint density at radius 2 is 1.82 bits per heavy atom. The number of anilines is 1. The van der Waals surface area contributed by atoms with Crippen LogP contribution in [0.15, 0.2) is 55.0 Å². The van der Waals surface area contributed by atoms with Crippen molar-refractivity contribution in [2.24, 2.45) is 0 Å². The van der Waals surface area contributed by atoms with Gasteiger partial charge in [-0.25, -0.2) is 9.97 Å². The van der Waals surface area contributed by atoms with Gasteiger partial charge in [-0.1, -0.05) is 49.1 Å². The van der Waals surface area contributed by atoms with Gasteiger partial charge in [0.15, 0.2) is 0 Å². The molecule has 1 saturated carbocycles. The maximum absolute atomic E-state index is 13.2. The molecule has 0 saturated heterocycles. The minimum atomic E-state index is -0.151. The number of fused-ring (bicyclic) bond motifs is 1. The molecule has 33 heavy (non-hydrogen) atoms. The molecule has 0 radical (unpaired) electrons. The molecule has 0 aliphatic heterocycles. The molecule has 2 heterocycles. The van der Waals surface area contributed by atoms with Gasteiger partial charge in [0, 0.05) is 28.4 Å². The summed E-state index contributed by atoms with van der Waals surface area (Å²) in [6, 6.07) is 11.6. The summed E-state index contributed by atoms with van der Waals surface area (Å²) >= 11 is 6.13. The molecule has 2 aromatic heterocycles. The molecule has 1 amide bonds. The number of rotatable bonds is 4. The minimum Gasteiger partial charge on any atom is -0.319 e. The normalized spacial score (nSPS) is 14.5. The van der Waals surface area contributed by atoms with Gasteiger partial charge >= 0.3 is 0 Å². The maximum Gasteiger partial charge on any atom is 0.256 e. The summed E-state index contributed by atoms with van der Waals surface area (Å²) in [5.74, 6) is 1.02. The molecule has 1 fully saturated rings. The van der Waals surface area contributed by atoms with E-state index in [9.17, 15) is 4.79 Å². The van der Waals surface area contributed by atoms with Crippen LogP contribution in [0.25, 0.3) is 16.9 Å². The van der Waals surface area contributed by atoms with Gasteiger partial charge in [-0.2, -0.15) is 0 Å². The van der Waals surface area contributed by atoms with E-state index in [-0.39, 0.29) is 5.91 Å². The number of imidazole rings is 1. The lowest BCUT2D eigenvalue weighted by Gasteiger charge is -2.21. The zero-order valence-electron chi connectivity index (χ0n) is 18.9. The van der Waals surface area contributed by atoms with E-state index in [1.165, 1.54) is 37.8 Å². The number of nitrogens with one attached hydrogen (secondary N) is 1. The number of nitrogens with zero attached hydrogens (tertiary/aromatic N) is 3. The first-order valence-electron chi connectivity index (χ1n) is 11.5. The van der Waals surface area contributed by atoms with Crippen molar-refractivity contribution in [3.8, 4) is 11.1 Å². The van der Waals surface area contributed by atoms with Crippen LogP contribution in [0.4, 0.5) is 5.69 Å². The van der Waals surface area contributed by atoms with Crippen LogP contribution in [0.3, 0.4) is 0 Å². The maximum atomic E-state index is 13.2. The van der Waals surface area contributed by atoms with Crippen LogP contribution in [-0.2, 0) is 0 Å². The van der Waals surface area contributed by atoms with Crippen molar-refractivity contribution in [2.75, 3.05) is 5.32 Å². The second kappa shape index (κ2) is 8.99. The average molecular weight is 459 g/mol. The van der Waals surface area contributed by atoms with Crippen molar-refractivity contribution < 1.29 is 4.79 Å². The summed E-state index contributed by atoms with van der Waals surface area (Å²) in [5, 5.41) is 3.75. The first kappa shape index (κ1) is 21.7. The molecule has 1 aliphatic rings. The Kier molecular flexibility index (Phi) is 5.90. The quantitative estimate of drug-likeness (QED) is 0.359. The lowest BCUT2D eigenvalue weighted by Crippen LogP contribution is -2.15. The molecule has 4 aromatic rings. The van der Waals surface area contributed by atoms with Crippen molar-refractivity contribution >= 4 is 29.0 Å². The largest absolute Gasteiger partial charge is 0.319 e. The van der Waals surface area contributed by atoms with Crippen molar-refractivity contribution in [3.05, 3.63) is 82.4 Å². The van der Waals surface area contributed by atoms with Crippen LogP contribution in [0, 0.1) is 13.8 Å². The molecular weight excluding hydrogens is 432 g/mol. The predicted molar refractivity (Wildman–Crippen MR) is 133 cm³/mol. The molecule has 1 N–H and O–H groups in total. The zero-order valence-corrected chi connectivity index (χ0v) is 19.7. The molecule has 1 aliphatic carbocycles. The summed E-state index contributed by atoms with van der Waals surface area (Å²) in [5.41, 5.74) is 6.60. The topological polar surface area (TPSA) is 59.3 Å². The van der Waals surface area contributed by atoms with E-state index in [1.807, 2.05) is 67.0 Å². The second-order valence-electron chi connectivity index (χ2n) is 8.92. The summed E-state index contributed by atoms with van der Waals surface area (Å²) < 4.78 is 2.03. The molecule has 0 unspecified atom stereocenters. The number of carbonyl (C=O) groups excluding carboxylic acids is 1. The van der Waals surface area contributed by atoms with Gasteiger partial charge in [-0.15, -0.1) is 0 Å². The van der Waals surface area contributed by atoms with E-state index in [4.69, 9.17) is 11.6 Å². The highest BCUT2D eigenvalue weighted by Gasteiger charge is 2.20. The van der Waals surface area contributed by atoms with E-state index in [1.54, 1.807) is 6.20 Å². The van der Waals surface area contributed by atoms with Gasteiger partial charge in [0.1, 0.15) is 0 Å². The monoisotopic (exact) mass is 458 g/mol. The van der Waals surface area contributed by atoms with Gasteiger partial charge in [0.2, 0.25) is 5.78 Å². The number of aromatic nitrogens is 3. The Bertz CT molecular complexity index is 1340. The Morgan fingerprint density at radius 3 is 2.61 bits per heavy atom. The molecule has 2 aromatic carbocycles. The van der Waals surface area contributed by atoms with Crippen LogP contribution in [0.1, 0.15) is 65.2 Å². The molecular formula is C27H27ClN4O. The number of aryl methyl sites for hydroxylation is 1. The van der Waals surface area contributed by atoms with Crippen molar-refractivity contribution in [1.29, 1.82) is 0 Å². The van der Waals surface area contributed by atoms with E-state index >= 15 is 0 Å². The fraction of sp³-hybridized carbons (Fsp3) is 0.296. The van der Waals surface area contributed by atoms with Crippen LogP contribution < -0.4 is 5.32 Å². The van der Waals surface area contributed by atoms with E-state index in [2.05, 4.69) is 15.3 Å². The van der Waals surface area contributed by atoms with Gasteiger partial charge < -0.3 is 5.32 Å². The van der Waals surface area contributed by atoms with Crippen molar-refractivity contribution in [1.82, 2.24) is 14.4 Å². The third-order valence-electron chi connectivity index (χ3n) is 6.73. The van der Waals surface area contributed by atoms with Crippen LogP contribution in [0.5, 0.6) is 0 Å². The Hall–Kier alpha value is -3.18. The number of halogens is 1. The summed E-state index contributed by atoms with van der Waals surface area (Å²) in [4.78, 5) is 22.2. The summed E-state index contributed by atoms with van der Waals surface area (Å²) in [6.07, 6.45) is 11.7. The predicted octanol–water partition coefficient (Wildman–Crippen LogP) is 6.97. The van der Waals surface area contributed by atoms with E-state index in [0.29, 0.717) is 28.0 Å². The Labute approximate surface area is 198 Å². The fourth-order valence-corrected chi connectivity index (χ4v) is 5.18. The number of benzene rings is 2. The highest BCUT2D eigenvalue weighted by Crippen LogP contribution is 2.33. The first-order valence-corrected chi connectivity index (χ1v) is 11.9. The fourth-order valence-electron chi connectivity index (χ4n) is 4.96. The Balaban J connectivity index is 1.44. The molecule has 6 heteroatoms. The SMILES string of the molecule is Cc1cc(Cl)ccc1-c1cccc(C(=O)Nc2cnc3ncc(C4CCCCC4)n3c2)c1C. The standard InChI is InChI=1S/C27H27ClN4O/c1-17-13-20(28)11-12-22(17)23-9-6-10-24(18(23)2)26(33)31-21-14-29-27-30-15-25(32(27)16-21)19-7-4-3-5-8-19/h6,9-16,19H,3-5,7-8H2,1-2H3,(H,31,33). The zero-order chi connectivity index (χ0) is 22.9. The molecule has 5 nitrogen and oxygen atoms in total. The van der Waals surface area contributed by atoms with Gasteiger partial charge in [-0.3, -0.25) is 9.20 Å². The van der Waals surface area contributed by atoms with Crippen LogP contribution in [0.2, 0.25) is 5.02 Å². The van der Waals surface area contributed by atoms with Crippen LogP contribution >= 0.6 is 11.6 Å². The third-order valence-corrected chi connectivity index (χ3v) is 6.97. The highest BCUT2D eigenvalue weighted by molar-refractivity contribution is 6.30. The van der Waals surface area contributed by atoms with Crippen LogP contribution in [-0.4, -0.2) is 20.3 Å². The number of hydrogen-bond acceptors (Lipinski definition) is 3. The third kappa shape index (κ3) is 4.25. The second-order valence-corrected chi connectivity index (χ2v) is 9.36. The molecule has 168 valence electrons. The van der Waals surface area contributed by atoms with Gasteiger partial charge in [-0.05, 0) is 67.1 Å². The first-order chi connectivity index (χ1) is 16.0. The summed E-state index contributed by atoms with van der Waals surface area (Å²) in [7, 11) is 0. The van der Waals surface area contributed by atoms with Gasteiger partial charge in [0.25, 0.3) is 5.91 Å². The lowest BCUT2D eigenvalue weighted by molar-refractivity contribution is 0.102. The average Bonchev–Trinajstić information content (AvgIpc) is 3.23. The Morgan fingerprint density at radius 1 is 1.03 bits per heavy atom. The van der Waals surface area contributed by atoms with E-state index in [0.717, 1.165) is 22.3 Å². The van der Waals surface area contributed by atoms with Crippen molar-refractivity contribution in [3.63, 3.8) is 0 Å². The lowest BCUT2D eigenvalue weighted by atomic mass is 9.87. The van der Waals surface area contributed by atoms with Crippen molar-refractivity contribution in [2.45, 2.75) is 51.9 Å². The van der Waals surface area contributed by atoms with E-state index < -0.39 is 0 Å². The number of amides is 1. The van der Waals surface area contributed by atoms with Gasteiger partial charge in [0.05, 0.1) is 18.1 Å². The smallest absolute Gasteiger partial charge is 0.256 e. The minimum absolute atomic E-state index is 0.151. The number of hydrogen-bond donors (Lipinski definition) is 1. The molecule has 0 bridgehead atoms. The molecule has 0 spiro atoms. The molecule has 0 atom stereocenters. The highest BCUT2D eigenvalue weighted by atomic mass is 35.5.